The Bertz CT molecular complexity index is 111. The molecule has 0 amide bonds. The van der Waals surface area contributed by atoms with E-state index in [1.807, 2.05) is 7.05 Å². The highest BCUT2D eigenvalue weighted by atomic mass is 16.3. The SMILES string of the molecule is CNCC[C@]1(CO)CCCN1. The monoisotopic (exact) mass is 158 g/mol. The maximum Gasteiger partial charge on any atom is 0.0613 e. The van der Waals surface area contributed by atoms with E-state index < -0.39 is 0 Å². The van der Waals surface area contributed by atoms with E-state index in [9.17, 15) is 0 Å². The Morgan fingerprint density at radius 3 is 2.91 bits per heavy atom. The Morgan fingerprint density at radius 2 is 2.45 bits per heavy atom. The highest BCUT2D eigenvalue weighted by Gasteiger charge is 2.31. The van der Waals surface area contributed by atoms with Crippen LogP contribution >= 0.6 is 0 Å². The molecule has 1 fully saturated rings. The van der Waals surface area contributed by atoms with Crippen molar-refractivity contribution in [2.24, 2.45) is 0 Å². The Labute approximate surface area is 68.2 Å². The minimum absolute atomic E-state index is 0.0308. The highest BCUT2D eigenvalue weighted by molar-refractivity contribution is 4.92. The van der Waals surface area contributed by atoms with Crippen molar-refractivity contribution in [2.75, 3.05) is 26.7 Å². The molecule has 0 aromatic carbocycles. The van der Waals surface area contributed by atoms with Crippen LogP contribution in [-0.4, -0.2) is 37.4 Å². The molecule has 66 valence electrons. The lowest BCUT2D eigenvalue weighted by Gasteiger charge is -2.26. The van der Waals surface area contributed by atoms with Gasteiger partial charge in [0.2, 0.25) is 0 Å². The normalized spacial score (nSPS) is 31.1. The van der Waals surface area contributed by atoms with Crippen molar-refractivity contribution >= 4 is 0 Å². The molecule has 1 atom stereocenters. The first-order chi connectivity index (χ1) is 5.33. The van der Waals surface area contributed by atoms with Crippen LogP contribution in [0.5, 0.6) is 0 Å². The summed E-state index contributed by atoms with van der Waals surface area (Å²) in [5, 5.41) is 15.6. The number of hydrogen-bond donors (Lipinski definition) is 3. The van der Waals surface area contributed by atoms with Gasteiger partial charge in [-0.15, -0.1) is 0 Å². The molecule has 0 aromatic heterocycles. The van der Waals surface area contributed by atoms with Crippen molar-refractivity contribution in [3.8, 4) is 0 Å². The van der Waals surface area contributed by atoms with Crippen LogP contribution in [0.15, 0.2) is 0 Å². The second-order valence-electron chi connectivity index (χ2n) is 3.32. The first kappa shape index (κ1) is 8.97. The van der Waals surface area contributed by atoms with Gasteiger partial charge in [-0.1, -0.05) is 0 Å². The molecule has 0 unspecified atom stereocenters. The minimum Gasteiger partial charge on any atom is -0.394 e. The molecule has 1 aliphatic rings. The maximum atomic E-state index is 9.15. The van der Waals surface area contributed by atoms with Crippen molar-refractivity contribution < 1.29 is 5.11 Å². The predicted molar refractivity (Wildman–Crippen MR) is 45.6 cm³/mol. The van der Waals surface area contributed by atoms with E-state index in [2.05, 4.69) is 10.6 Å². The highest BCUT2D eigenvalue weighted by Crippen LogP contribution is 2.21. The van der Waals surface area contributed by atoms with E-state index in [4.69, 9.17) is 5.11 Å². The Morgan fingerprint density at radius 1 is 1.64 bits per heavy atom. The van der Waals surface area contributed by atoms with Crippen molar-refractivity contribution in [2.45, 2.75) is 24.8 Å². The summed E-state index contributed by atoms with van der Waals surface area (Å²) in [6.07, 6.45) is 3.34. The minimum atomic E-state index is 0.0308. The van der Waals surface area contributed by atoms with E-state index >= 15 is 0 Å². The number of nitrogens with one attached hydrogen (secondary N) is 2. The van der Waals surface area contributed by atoms with Gasteiger partial charge in [0.15, 0.2) is 0 Å². The second kappa shape index (κ2) is 4.04. The van der Waals surface area contributed by atoms with Crippen molar-refractivity contribution in [1.82, 2.24) is 10.6 Å². The Hall–Kier alpha value is -0.120. The van der Waals surface area contributed by atoms with Gasteiger partial charge in [-0.3, -0.25) is 0 Å². The van der Waals surface area contributed by atoms with Crippen LogP contribution in [-0.2, 0) is 0 Å². The largest absolute Gasteiger partial charge is 0.394 e. The zero-order valence-corrected chi connectivity index (χ0v) is 7.19. The third-order valence-electron chi connectivity index (χ3n) is 2.49. The molecule has 0 radical (unpaired) electrons. The molecule has 1 heterocycles. The summed E-state index contributed by atoms with van der Waals surface area (Å²) >= 11 is 0. The van der Waals surface area contributed by atoms with E-state index in [-0.39, 0.29) is 12.1 Å². The zero-order valence-electron chi connectivity index (χ0n) is 7.19. The number of aliphatic hydroxyl groups is 1. The number of hydrogen-bond acceptors (Lipinski definition) is 3. The number of rotatable bonds is 4. The first-order valence-electron chi connectivity index (χ1n) is 4.33. The van der Waals surface area contributed by atoms with E-state index in [0.717, 1.165) is 25.9 Å². The molecule has 11 heavy (non-hydrogen) atoms. The first-order valence-corrected chi connectivity index (χ1v) is 4.33. The van der Waals surface area contributed by atoms with Crippen LogP contribution in [0.3, 0.4) is 0 Å². The molecule has 0 bridgehead atoms. The fraction of sp³-hybridized carbons (Fsp3) is 1.00. The quantitative estimate of drug-likeness (QED) is 0.527. The second-order valence-corrected chi connectivity index (χ2v) is 3.32. The van der Waals surface area contributed by atoms with Gasteiger partial charge in [0.05, 0.1) is 6.61 Å². The lowest BCUT2D eigenvalue weighted by atomic mass is 9.94. The van der Waals surface area contributed by atoms with Crippen molar-refractivity contribution in [1.29, 1.82) is 0 Å². The van der Waals surface area contributed by atoms with E-state index in [1.54, 1.807) is 0 Å². The van der Waals surface area contributed by atoms with E-state index in [0.29, 0.717) is 0 Å². The van der Waals surface area contributed by atoms with Crippen LogP contribution < -0.4 is 10.6 Å². The molecular formula is C8H18N2O. The average molecular weight is 158 g/mol. The molecule has 0 spiro atoms. The molecule has 0 aromatic rings. The van der Waals surface area contributed by atoms with Gasteiger partial charge in [-0.05, 0) is 39.4 Å². The molecular weight excluding hydrogens is 140 g/mol. The van der Waals surface area contributed by atoms with Crippen LogP contribution in [0.25, 0.3) is 0 Å². The van der Waals surface area contributed by atoms with Crippen LogP contribution in [0.2, 0.25) is 0 Å². The molecule has 3 nitrogen and oxygen atoms in total. The maximum absolute atomic E-state index is 9.15. The topological polar surface area (TPSA) is 44.3 Å². The third-order valence-corrected chi connectivity index (χ3v) is 2.49. The molecule has 1 rings (SSSR count). The summed E-state index contributed by atoms with van der Waals surface area (Å²) in [6.45, 7) is 2.31. The lowest BCUT2D eigenvalue weighted by Crippen LogP contribution is -2.45. The molecule has 0 saturated carbocycles. The van der Waals surface area contributed by atoms with Crippen LogP contribution in [0.4, 0.5) is 0 Å². The zero-order chi connectivity index (χ0) is 8.16. The van der Waals surface area contributed by atoms with Gasteiger partial charge >= 0.3 is 0 Å². The summed E-state index contributed by atoms with van der Waals surface area (Å²) in [5.41, 5.74) is 0.0308. The van der Waals surface area contributed by atoms with Crippen molar-refractivity contribution in [3.63, 3.8) is 0 Å². The summed E-state index contributed by atoms with van der Waals surface area (Å²) < 4.78 is 0. The van der Waals surface area contributed by atoms with Gasteiger partial charge in [-0.2, -0.15) is 0 Å². The molecule has 1 saturated heterocycles. The Balaban J connectivity index is 2.33. The Kier molecular flexibility index (Phi) is 3.30. The molecule has 1 aliphatic heterocycles. The van der Waals surface area contributed by atoms with E-state index in [1.165, 1.54) is 6.42 Å². The lowest BCUT2D eigenvalue weighted by molar-refractivity contribution is 0.169. The summed E-state index contributed by atoms with van der Waals surface area (Å²) in [4.78, 5) is 0. The fourth-order valence-electron chi connectivity index (χ4n) is 1.66. The standard InChI is InChI=1S/C8H18N2O/c1-9-6-4-8(7-11)3-2-5-10-8/h9-11H,2-7H2,1H3/t8-/m0/s1. The summed E-state index contributed by atoms with van der Waals surface area (Å²) in [7, 11) is 1.94. The van der Waals surface area contributed by atoms with Crippen LogP contribution in [0, 0.1) is 0 Å². The molecule has 3 heteroatoms. The third kappa shape index (κ3) is 2.15. The van der Waals surface area contributed by atoms with Gasteiger partial charge < -0.3 is 15.7 Å². The van der Waals surface area contributed by atoms with Crippen molar-refractivity contribution in [3.05, 3.63) is 0 Å². The summed E-state index contributed by atoms with van der Waals surface area (Å²) in [6, 6.07) is 0. The summed E-state index contributed by atoms with van der Waals surface area (Å²) in [5.74, 6) is 0. The smallest absolute Gasteiger partial charge is 0.0613 e. The average Bonchev–Trinajstić information content (AvgIpc) is 2.50. The fourth-order valence-corrected chi connectivity index (χ4v) is 1.66. The van der Waals surface area contributed by atoms with Gasteiger partial charge in [-0.25, -0.2) is 0 Å². The molecule has 0 aliphatic carbocycles. The van der Waals surface area contributed by atoms with Gasteiger partial charge in [0.25, 0.3) is 0 Å². The van der Waals surface area contributed by atoms with Gasteiger partial charge in [0, 0.05) is 5.54 Å². The number of aliphatic hydroxyl groups excluding tert-OH is 1. The predicted octanol–water partition coefficient (Wildman–Crippen LogP) is -0.290. The van der Waals surface area contributed by atoms with Gasteiger partial charge in [0.1, 0.15) is 0 Å². The molecule has 3 N–H and O–H groups in total. The van der Waals surface area contributed by atoms with Crippen LogP contribution in [0.1, 0.15) is 19.3 Å².